The van der Waals surface area contributed by atoms with Gasteiger partial charge in [0, 0.05) is 44.2 Å². The quantitative estimate of drug-likeness (QED) is 0.0160. The van der Waals surface area contributed by atoms with Crippen LogP contribution in [0.4, 0.5) is 45.3 Å². The lowest BCUT2D eigenvalue weighted by atomic mass is 9.99. The van der Waals surface area contributed by atoms with Crippen molar-refractivity contribution in [3.05, 3.63) is 59.2 Å². The molecule has 29 nitrogen and oxygen atoms in total. The normalized spacial score (nSPS) is 21.0. The fraction of sp³-hybridized carbons (Fsp3) is 0.538. The second-order valence-corrected chi connectivity index (χ2v) is 21.1. The molecule has 7 N–H and O–H groups in total. The molecule has 5 aromatic rings. The molecule has 7 heterocycles. The minimum absolute atomic E-state index is 0.00600. The van der Waals surface area contributed by atoms with Gasteiger partial charge in [-0.3, -0.25) is 29.9 Å². The average molecular weight is 1170 g/mol. The van der Waals surface area contributed by atoms with Gasteiger partial charge in [-0.1, -0.05) is 25.7 Å². The van der Waals surface area contributed by atoms with E-state index in [0.717, 1.165) is 25.3 Å². The number of anilines is 2. The lowest BCUT2D eigenvalue weighted by Gasteiger charge is -2.26. The smallest absolute Gasteiger partial charge is 0.445 e. The van der Waals surface area contributed by atoms with E-state index in [0.29, 0.717) is 6.04 Å². The van der Waals surface area contributed by atoms with Gasteiger partial charge in [-0.05, 0) is 86.4 Å². The molecule has 0 unspecified atom stereocenters. The number of nitrogens with zero attached hydrogens (tertiary/aromatic N) is 9. The molecule has 1 aromatic carbocycles. The van der Waals surface area contributed by atoms with Gasteiger partial charge in [-0.25, -0.2) is 29.1 Å². The van der Waals surface area contributed by atoms with Crippen LogP contribution in [0.5, 0.6) is 5.75 Å². The first-order valence-electron chi connectivity index (χ1n) is 25.7. The fourth-order valence-electron chi connectivity index (χ4n) is 7.51. The zero-order valence-corrected chi connectivity index (χ0v) is 47.2. The molecular formula is C52H67F2N13O16. The molecule has 6 atom stereocenters. The number of halogens is 2. The van der Waals surface area contributed by atoms with Crippen LogP contribution in [0.25, 0.3) is 22.3 Å². The molecular weight excluding hydrogens is 1100 g/mol. The second kappa shape index (κ2) is 28.0. The van der Waals surface area contributed by atoms with Gasteiger partial charge in [0.2, 0.25) is 0 Å². The van der Waals surface area contributed by atoms with Crippen molar-refractivity contribution in [2.75, 3.05) is 37.1 Å². The molecule has 450 valence electrons. The van der Waals surface area contributed by atoms with Crippen LogP contribution in [0.2, 0.25) is 0 Å². The number of alkyl carbamates (subject to hydrolysis) is 1. The summed E-state index contributed by atoms with van der Waals surface area (Å²) in [6.07, 6.45) is 5.67. The number of amides is 3. The molecule has 0 radical (unpaired) electrons. The van der Waals surface area contributed by atoms with Crippen molar-refractivity contribution >= 4 is 64.1 Å². The number of non-ortho nitro benzene ring substituents is 1. The van der Waals surface area contributed by atoms with Crippen molar-refractivity contribution in [3.63, 3.8) is 0 Å². The van der Waals surface area contributed by atoms with Crippen molar-refractivity contribution in [2.24, 2.45) is 5.73 Å². The number of carbonyl (C=O) groups excluding carboxylic acids is 4. The highest BCUT2D eigenvalue weighted by Gasteiger charge is 2.51. The summed E-state index contributed by atoms with van der Waals surface area (Å²) < 4.78 is 73.3. The molecule has 3 saturated heterocycles. The first-order valence-corrected chi connectivity index (χ1v) is 25.7. The van der Waals surface area contributed by atoms with Crippen LogP contribution >= 0.6 is 0 Å². The summed E-state index contributed by atoms with van der Waals surface area (Å²) >= 11 is 0. The van der Waals surface area contributed by atoms with Crippen molar-refractivity contribution in [1.29, 1.82) is 0 Å². The Labute approximate surface area is 474 Å². The fourth-order valence-corrected chi connectivity index (χ4v) is 7.51. The number of hydrogen-bond donors (Lipinski definition) is 6. The number of benzene rings is 1. The zero-order valence-electron chi connectivity index (χ0n) is 47.2. The Hall–Kier alpha value is -8.46. The molecule has 0 saturated carbocycles. The standard InChI is InChI=1S/C24H23FN6O9.C21H27FN6O6.C4H8O.C3H9N/c1-5-24(11-37-22(34)38-14-8-6-13(7-9-14)31(35)36)15(32)10-16(39-24)30-12-26-17-18(27-20(25)29-19(17)30)28-21(33)40-23(2,3)4;1-7-21(9-32-18(30)24-11(2)3)12(29)8-13(33-21)28-10-23-14-15(25-17(22)27-16(14)28)26-19(31)34-20(4,5)6;1-2-4-5-3-1;1-3(2)4/h1,6-9,12,15-16,32H,10-11H2,2-4H3,(H,27,28,29,33);1,10-13,29H,8-9H2,2-6H3,(H,24,30)(H,25,26,27,31);1-4H2;3H,4H2,1-2H3/t15-,16+,24+;12-,13+,21+;;/m00../s1. The third kappa shape index (κ3) is 18.5. The largest absolute Gasteiger partial charge is 0.513 e. The third-order valence-corrected chi connectivity index (χ3v) is 11.1. The molecule has 0 bridgehead atoms. The molecule has 31 heteroatoms. The molecule has 3 aliphatic heterocycles. The summed E-state index contributed by atoms with van der Waals surface area (Å²) in [6.45, 7) is 18.3. The minimum atomic E-state index is -1.82. The first-order chi connectivity index (χ1) is 38.9. The molecule has 3 amide bonds. The molecule has 8 rings (SSSR count). The number of rotatable bonds is 11. The predicted molar refractivity (Wildman–Crippen MR) is 289 cm³/mol. The second-order valence-electron chi connectivity index (χ2n) is 21.1. The summed E-state index contributed by atoms with van der Waals surface area (Å²) in [5, 5.41) is 39.3. The number of aliphatic hydroxyl groups is 2. The van der Waals surface area contributed by atoms with Crippen LogP contribution in [0, 0.1) is 47.0 Å². The Morgan fingerprint density at radius 3 is 1.55 bits per heavy atom. The van der Waals surface area contributed by atoms with Crippen LogP contribution in [0.3, 0.4) is 0 Å². The Morgan fingerprint density at radius 1 is 0.771 bits per heavy atom. The van der Waals surface area contributed by atoms with Gasteiger partial charge in [0.1, 0.15) is 54.8 Å². The Kier molecular flexibility index (Phi) is 22.1. The number of aliphatic hydroxyl groups excluding tert-OH is 2. The van der Waals surface area contributed by atoms with Crippen LogP contribution in [-0.2, 0) is 33.2 Å². The number of imidazole rings is 2. The number of aromatic nitrogens is 8. The number of ether oxygens (including phenoxy) is 8. The lowest BCUT2D eigenvalue weighted by Crippen LogP contribution is -2.44. The van der Waals surface area contributed by atoms with Crippen LogP contribution in [0.15, 0.2) is 36.9 Å². The first kappa shape index (κ1) is 65.4. The lowest BCUT2D eigenvalue weighted by molar-refractivity contribution is -0.384. The molecule has 3 fully saturated rings. The zero-order chi connectivity index (χ0) is 61.6. The number of carbonyl (C=O) groups is 4. The van der Waals surface area contributed by atoms with E-state index in [2.05, 4.69) is 57.7 Å². The van der Waals surface area contributed by atoms with Crippen molar-refractivity contribution in [2.45, 2.75) is 154 Å². The summed E-state index contributed by atoms with van der Waals surface area (Å²) in [6, 6.07) is 4.84. The van der Waals surface area contributed by atoms with Gasteiger partial charge >= 0.3 is 36.6 Å². The Balaban J connectivity index is 0.000000266. The number of nitrogens with two attached hydrogens (primary N) is 1. The van der Waals surface area contributed by atoms with E-state index in [4.69, 9.17) is 56.5 Å². The highest BCUT2D eigenvalue weighted by molar-refractivity contribution is 5.94. The Morgan fingerprint density at radius 2 is 1.19 bits per heavy atom. The highest BCUT2D eigenvalue weighted by atomic mass is 19.1. The molecule has 4 aromatic heterocycles. The van der Waals surface area contributed by atoms with E-state index >= 15 is 0 Å². The highest BCUT2D eigenvalue weighted by Crippen LogP contribution is 2.40. The van der Waals surface area contributed by atoms with Crippen molar-refractivity contribution < 1.29 is 81.0 Å². The van der Waals surface area contributed by atoms with E-state index in [1.54, 1.807) is 55.4 Å². The molecule has 0 aliphatic carbocycles. The van der Waals surface area contributed by atoms with Crippen LogP contribution in [0.1, 0.15) is 107 Å². The maximum atomic E-state index is 14.3. The predicted octanol–water partition coefficient (Wildman–Crippen LogP) is 6.34. The van der Waals surface area contributed by atoms with E-state index < -0.39 is 102 Å². The number of nitro benzene ring substituents is 1. The third-order valence-electron chi connectivity index (χ3n) is 11.1. The van der Waals surface area contributed by atoms with Crippen LogP contribution < -0.4 is 26.4 Å². The van der Waals surface area contributed by atoms with E-state index in [1.165, 1.54) is 46.8 Å². The number of fused-ring (bicyclic) bond motifs is 2. The van der Waals surface area contributed by atoms with Crippen molar-refractivity contribution in [3.8, 4) is 30.4 Å². The van der Waals surface area contributed by atoms with Gasteiger partial charge in [0.15, 0.2) is 45.2 Å². The summed E-state index contributed by atoms with van der Waals surface area (Å²) in [5.74, 6) is 4.15. The van der Waals surface area contributed by atoms with Gasteiger partial charge in [-0.15, -0.1) is 12.8 Å². The molecule has 83 heavy (non-hydrogen) atoms. The van der Waals surface area contributed by atoms with Crippen LogP contribution in [-0.4, -0.2) is 152 Å². The average Bonchev–Trinajstić information content (AvgIpc) is 4.25. The monoisotopic (exact) mass is 1170 g/mol. The van der Waals surface area contributed by atoms with E-state index in [9.17, 15) is 48.3 Å². The SMILES string of the molecule is C#C[C@]1(COC(=O)NC(C)C)O[C@@H](n2cnc3c(NC(=O)OC(C)(C)C)nc(F)nc32)C[C@@H]1O.C#C[C@]1(COC(=O)Oc2ccc([N+](=O)[O-])cc2)O[C@@H](n2cnc3c(NC(=O)OC(C)(C)C)nc(F)nc32)C[C@@H]1O.C1CCOC1.CC(C)N. The topological polar surface area (TPSA) is 375 Å². The summed E-state index contributed by atoms with van der Waals surface area (Å²) in [4.78, 5) is 81.4. The number of nitro groups is 1. The van der Waals surface area contributed by atoms with Gasteiger partial charge in [0.25, 0.3) is 5.69 Å². The number of nitrogens with one attached hydrogen (secondary N) is 3. The number of hydrogen-bond acceptors (Lipinski definition) is 23. The Bertz CT molecular complexity index is 3160. The van der Waals surface area contributed by atoms with Gasteiger partial charge < -0.3 is 59.2 Å². The van der Waals surface area contributed by atoms with Gasteiger partial charge in [-0.2, -0.15) is 28.7 Å². The maximum absolute atomic E-state index is 14.3. The van der Waals surface area contributed by atoms with Gasteiger partial charge in [0.05, 0.1) is 17.6 Å². The minimum Gasteiger partial charge on any atom is -0.445 e. The summed E-state index contributed by atoms with van der Waals surface area (Å²) in [7, 11) is 0. The maximum Gasteiger partial charge on any atom is 0.513 e. The van der Waals surface area contributed by atoms with Crippen molar-refractivity contribution in [1.82, 2.24) is 44.4 Å². The van der Waals surface area contributed by atoms with E-state index in [1.807, 2.05) is 13.8 Å². The van der Waals surface area contributed by atoms with E-state index in [-0.39, 0.29) is 64.3 Å². The molecule has 3 aliphatic rings. The number of terminal acetylenes is 2. The summed E-state index contributed by atoms with van der Waals surface area (Å²) in [5.41, 5.74) is -0.180. The molecule has 0 spiro atoms.